The number of benzene rings is 2. The molecule has 0 saturated carbocycles. The number of nitrogens with one attached hydrogen (secondary N) is 1. The molecule has 0 bridgehead atoms. The second-order valence-corrected chi connectivity index (χ2v) is 6.45. The number of aryl methyl sites for hydroxylation is 1. The second-order valence-electron chi connectivity index (χ2n) is 4.74. The van der Waals surface area contributed by atoms with Gasteiger partial charge in [0.1, 0.15) is 5.75 Å². The third-order valence-electron chi connectivity index (χ3n) is 3.16. The molecule has 1 N–H and O–H groups in total. The van der Waals surface area contributed by atoms with Crippen molar-refractivity contribution in [2.45, 2.75) is 19.9 Å². The van der Waals surface area contributed by atoms with Crippen LogP contribution in [0, 0.1) is 6.92 Å². The lowest BCUT2D eigenvalue weighted by Crippen LogP contribution is -2.07. The molecule has 0 aromatic heterocycles. The summed E-state index contributed by atoms with van der Waals surface area (Å²) in [6.07, 6.45) is 0. The quantitative estimate of drug-likeness (QED) is 0.712. The van der Waals surface area contributed by atoms with Crippen LogP contribution in [0.2, 0.25) is 0 Å². The van der Waals surface area contributed by atoms with E-state index in [4.69, 9.17) is 4.74 Å². The summed E-state index contributed by atoms with van der Waals surface area (Å²) >= 11 is 7.22. The van der Waals surface area contributed by atoms with Crippen LogP contribution in [0.15, 0.2) is 45.3 Å². The molecule has 1 unspecified atom stereocenters. The lowest BCUT2D eigenvalue weighted by Gasteiger charge is -2.19. The van der Waals surface area contributed by atoms with E-state index in [0.717, 1.165) is 20.4 Å². The van der Waals surface area contributed by atoms with Gasteiger partial charge in [-0.1, -0.05) is 12.1 Å². The van der Waals surface area contributed by atoms with Crippen molar-refractivity contribution in [3.8, 4) is 5.75 Å². The zero-order valence-corrected chi connectivity index (χ0v) is 14.9. The predicted octanol–water partition coefficient (Wildman–Crippen LogP) is 5.70. The van der Waals surface area contributed by atoms with Crippen LogP contribution in [0.25, 0.3) is 0 Å². The first kappa shape index (κ1) is 15.4. The van der Waals surface area contributed by atoms with Crippen molar-refractivity contribution in [2.24, 2.45) is 0 Å². The van der Waals surface area contributed by atoms with Gasteiger partial charge in [-0.25, -0.2) is 0 Å². The average molecular weight is 399 g/mol. The maximum atomic E-state index is 5.18. The van der Waals surface area contributed by atoms with Gasteiger partial charge in [0.25, 0.3) is 0 Å². The number of halogens is 2. The maximum absolute atomic E-state index is 5.18. The van der Waals surface area contributed by atoms with E-state index in [1.165, 1.54) is 11.1 Å². The molecule has 1 atom stereocenters. The zero-order chi connectivity index (χ0) is 14.7. The Morgan fingerprint density at radius 3 is 2.10 bits per heavy atom. The Hall–Kier alpha value is -1.00. The van der Waals surface area contributed by atoms with E-state index in [0.29, 0.717) is 0 Å². The summed E-state index contributed by atoms with van der Waals surface area (Å²) in [5.74, 6) is 0.874. The van der Waals surface area contributed by atoms with Gasteiger partial charge in [0, 0.05) is 15.0 Å². The number of methoxy groups -OCH3 is 1. The van der Waals surface area contributed by atoms with Crippen molar-refractivity contribution in [1.82, 2.24) is 0 Å². The first-order valence-electron chi connectivity index (χ1n) is 6.37. The summed E-state index contributed by atoms with van der Waals surface area (Å²) in [5, 5.41) is 3.52. The summed E-state index contributed by atoms with van der Waals surface area (Å²) in [4.78, 5) is 0. The van der Waals surface area contributed by atoms with Crippen LogP contribution in [-0.2, 0) is 0 Å². The maximum Gasteiger partial charge on any atom is 0.118 e. The molecule has 0 fully saturated rings. The normalized spacial score (nSPS) is 12.1. The van der Waals surface area contributed by atoms with Crippen molar-refractivity contribution in [1.29, 1.82) is 0 Å². The van der Waals surface area contributed by atoms with Gasteiger partial charge in [-0.15, -0.1) is 0 Å². The number of rotatable bonds is 4. The number of hydrogen-bond acceptors (Lipinski definition) is 2. The van der Waals surface area contributed by atoms with Gasteiger partial charge in [-0.2, -0.15) is 0 Å². The molecule has 2 rings (SSSR count). The SMILES string of the molecule is COc1ccc(C(C)Nc2c(Br)cc(C)cc2Br)cc1. The van der Waals surface area contributed by atoms with Gasteiger partial charge in [0.15, 0.2) is 0 Å². The minimum Gasteiger partial charge on any atom is -0.497 e. The van der Waals surface area contributed by atoms with E-state index < -0.39 is 0 Å². The lowest BCUT2D eigenvalue weighted by molar-refractivity contribution is 0.414. The standard InChI is InChI=1S/C16H17Br2NO/c1-10-8-14(17)16(15(18)9-10)19-11(2)12-4-6-13(20-3)7-5-12/h4-9,11,19H,1-3H3. The molecule has 0 spiro atoms. The fourth-order valence-electron chi connectivity index (χ4n) is 2.03. The minimum atomic E-state index is 0.205. The van der Waals surface area contributed by atoms with Crippen LogP contribution in [0.1, 0.15) is 24.1 Å². The first-order valence-corrected chi connectivity index (χ1v) is 7.96. The Morgan fingerprint density at radius 2 is 1.60 bits per heavy atom. The lowest BCUT2D eigenvalue weighted by atomic mass is 10.1. The smallest absolute Gasteiger partial charge is 0.118 e. The third-order valence-corrected chi connectivity index (χ3v) is 4.41. The van der Waals surface area contributed by atoms with Crippen molar-refractivity contribution in [2.75, 3.05) is 12.4 Å². The molecule has 0 heterocycles. The molecule has 2 aromatic rings. The van der Waals surface area contributed by atoms with Crippen molar-refractivity contribution < 1.29 is 4.74 Å². The van der Waals surface area contributed by atoms with Gasteiger partial charge in [-0.3, -0.25) is 0 Å². The van der Waals surface area contributed by atoms with Gasteiger partial charge < -0.3 is 10.1 Å². The second kappa shape index (κ2) is 6.64. The molecule has 106 valence electrons. The van der Waals surface area contributed by atoms with Crippen LogP contribution in [-0.4, -0.2) is 7.11 Å². The molecule has 0 amide bonds. The molecule has 0 aliphatic rings. The molecule has 4 heteroatoms. The summed E-state index contributed by atoms with van der Waals surface area (Å²) in [5.41, 5.74) is 3.50. The fraction of sp³-hybridized carbons (Fsp3) is 0.250. The van der Waals surface area contributed by atoms with E-state index in [-0.39, 0.29) is 6.04 Å². The molecule has 2 aromatic carbocycles. The molecule has 0 radical (unpaired) electrons. The summed E-state index contributed by atoms with van der Waals surface area (Å²) in [7, 11) is 1.68. The van der Waals surface area contributed by atoms with Crippen molar-refractivity contribution in [3.63, 3.8) is 0 Å². The molecule has 0 saturated heterocycles. The Bertz CT molecular complexity index is 573. The average Bonchev–Trinajstić information content (AvgIpc) is 2.42. The number of ether oxygens (including phenoxy) is 1. The third kappa shape index (κ3) is 3.55. The molecule has 0 aliphatic heterocycles. The Balaban J connectivity index is 2.20. The van der Waals surface area contributed by atoms with Crippen LogP contribution in [0.5, 0.6) is 5.75 Å². The summed E-state index contributed by atoms with van der Waals surface area (Å²) in [6, 6.07) is 12.5. The van der Waals surface area contributed by atoms with E-state index in [2.05, 4.69) is 75.3 Å². The minimum absolute atomic E-state index is 0.205. The van der Waals surface area contributed by atoms with Gasteiger partial charge in [0.05, 0.1) is 12.8 Å². The first-order chi connectivity index (χ1) is 9.51. The van der Waals surface area contributed by atoms with E-state index in [9.17, 15) is 0 Å². The molecular weight excluding hydrogens is 382 g/mol. The Labute approximate surface area is 136 Å². The molecular formula is C16H17Br2NO. The van der Waals surface area contributed by atoms with E-state index >= 15 is 0 Å². The largest absolute Gasteiger partial charge is 0.497 e. The fourth-order valence-corrected chi connectivity index (χ4v) is 3.67. The van der Waals surface area contributed by atoms with E-state index in [1.54, 1.807) is 7.11 Å². The molecule has 0 aliphatic carbocycles. The topological polar surface area (TPSA) is 21.3 Å². The summed E-state index contributed by atoms with van der Waals surface area (Å²) < 4.78 is 7.30. The van der Waals surface area contributed by atoms with Crippen molar-refractivity contribution in [3.05, 3.63) is 56.5 Å². The zero-order valence-electron chi connectivity index (χ0n) is 11.7. The van der Waals surface area contributed by atoms with Crippen LogP contribution < -0.4 is 10.1 Å². The highest BCUT2D eigenvalue weighted by Crippen LogP contribution is 2.34. The predicted molar refractivity (Wildman–Crippen MR) is 91.6 cm³/mol. The van der Waals surface area contributed by atoms with Gasteiger partial charge in [0.2, 0.25) is 0 Å². The summed E-state index contributed by atoms with van der Waals surface area (Å²) in [6.45, 7) is 4.22. The number of anilines is 1. The highest BCUT2D eigenvalue weighted by atomic mass is 79.9. The van der Waals surface area contributed by atoms with Gasteiger partial charge >= 0.3 is 0 Å². The molecule has 2 nitrogen and oxygen atoms in total. The Kier molecular flexibility index (Phi) is 5.11. The highest BCUT2D eigenvalue weighted by Gasteiger charge is 2.11. The molecule has 20 heavy (non-hydrogen) atoms. The number of hydrogen-bond donors (Lipinski definition) is 1. The van der Waals surface area contributed by atoms with Crippen LogP contribution >= 0.6 is 31.9 Å². The Morgan fingerprint density at radius 1 is 1.05 bits per heavy atom. The van der Waals surface area contributed by atoms with Gasteiger partial charge in [-0.05, 0) is 81.1 Å². The van der Waals surface area contributed by atoms with Crippen molar-refractivity contribution >= 4 is 37.5 Å². The van der Waals surface area contributed by atoms with Crippen LogP contribution in [0.3, 0.4) is 0 Å². The monoisotopic (exact) mass is 397 g/mol. The van der Waals surface area contributed by atoms with E-state index in [1.807, 2.05) is 12.1 Å². The van der Waals surface area contributed by atoms with Crippen LogP contribution in [0.4, 0.5) is 5.69 Å². The highest BCUT2D eigenvalue weighted by molar-refractivity contribution is 9.11.